The highest BCUT2D eigenvalue weighted by Crippen LogP contribution is 2.22. The van der Waals surface area contributed by atoms with Gasteiger partial charge in [-0.15, -0.1) is 0 Å². The summed E-state index contributed by atoms with van der Waals surface area (Å²) in [6.45, 7) is 4.10. The molecule has 0 spiro atoms. The molecule has 0 bridgehead atoms. The van der Waals surface area contributed by atoms with Crippen LogP contribution in [-0.4, -0.2) is 36.5 Å². The van der Waals surface area contributed by atoms with Crippen LogP contribution in [-0.2, 0) is 14.3 Å². The van der Waals surface area contributed by atoms with Gasteiger partial charge >= 0.3 is 5.97 Å². The van der Waals surface area contributed by atoms with E-state index in [4.69, 9.17) is 0 Å². The molecule has 0 fully saturated rings. The molecular formula is C16H23N3O5. The zero-order chi connectivity index (χ0) is 18.1. The van der Waals surface area contributed by atoms with E-state index in [2.05, 4.69) is 15.4 Å². The van der Waals surface area contributed by atoms with Crippen molar-refractivity contribution in [3.63, 3.8) is 0 Å². The number of nitrogens with one attached hydrogen (secondary N) is 2. The summed E-state index contributed by atoms with van der Waals surface area (Å²) in [5.74, 6) is -0.583. The fraction of sp³-hybridized carbons (Fsp3) is 0.500. The van der Waals surface area contributed by atoms with Gasteiger partial charge in [0, 0.05) is 19.0 Å². The normalized spacial score (nSPS) is 11.7. The topological polar surface area (TPSA) is 111 Å². The maximum atomic E-state index is 12.0. The van der Waals surface area contributed by atoms with Gasteiger partial charge in [0.2, 0.25) is 5.91 Å². The molecule has 0 radical (unpaired) electrons. The van der Waals surface area contributed by atoms with Gasteiger partial charge in [0.05, 0.1) is 12.0 Å². The van der Waals surface area contributed by atoms with Gasteiger partial charge in [-0.1, -0.05) is 26.0 Å². The molecule has 8 nitrogen and oxygen atoms in total. The number of hydrogen-bond donors (Lipinski definition) is 2. The van der Waals surface area contributed by atoms with Crippen molar-refractivity contribution in [2.24, 2.45) is 5.92 Å². The molecule has 1 aromatic rings. The third kappa shape index (κ3) is 6.23. The number of amides is 1. The van der Waals surface area contributed by atoms with Crippen molar-refractivity contribution in [2.75, 3.05) is 19.0 Å². The van der Waals surface area contributed by atoms with Crippen LogP contribution in [0, 0.1) is 16.0 Å². The molecule has 0 aliphatic carbocycles. The summed E-state index contributed by atoms with van der Waals surface area (Å²) in [6.07, 6.45) is 0.563. The summed E-state index contributed by atoms with van der Waals surface area (Å²) in [7, 11) is 1.28. The molecule has 1 atom stereocenters. The van der Waals surface area contributed by atoms with E-state index in [1.165, 1.54) is 13.2 Å². The predicted octanol–water partition coefficient (Wildman–Crippen LogP) is 2.10. The summed E-state index contributed by atoms with van der Waals surface area (Å²) < 4.78 is 4.69. The number of rotatable bonds is 9. The molecule has 0 heterocycles. The highest BCUT2D eigenvalue weighted by molar-refractivity contribution is 5.84. The molecule has 1 amide bonds. The van der Waals surface area contributed by atoms with Crippen LogP contribution < -0.4 is 10.6 Å². The Balaban J connectivity index is 2.54. The Labute approximate surface area is 140 Å². The Morgan fingerprint density at radius 1 is 1.29 bits per heavy atom. The van der Waals surface area contributed by atoms with Crippen molar-refractivity contribution in [2.45, 2.75) is 32.7 Å². The molecule has 132 valence electrons. The largest absolute Gasteiger partial charge is 0.467 e. The maximum absolute atomic E-state index is 12.0. The molecule has 0 aliphatic heterocycles. The van der Waals surface area contributed by atoms with E-state index in [0.717, 1.165) is 0 Å². The Hall–Kier alpha value is -2.64. The highest BCUT2D eigenvalue weighted by atomic mass is 16.6. The third-order valence-corrected chi connectivity index (χ3v) is 3.30. The van der Waals surface area contributed by atoms with Gasteiger partial charge in [0.25, 0.3) is 5.69 Å². The number of benzene rings is 1. The summed E-state index contributed by atoms with van der Waals surface area (Å²) in [5, 5.41) is 16.4. The predicted molar refractivity (Wildman–Crippen MR) is 89.6 cm³/mol. The van der Waals surface area contributed by atoms with E-state index in [9.17, 15) is 19.7 Å². The molecule has 1 aromatic carbocycles. The van der Waals surface area contributed by atoms with Crippen LogP contribution in [0.3, 0.4) is 0 Å². The molecule has 0 aromatic heterocycles. The van der Waals surface area contributed by atoms with Gasteiger partial charge in [0.15, 0.2) is 0 Å². The Kier molecular flexibility index (Phi) is 7.67. The van der Waals surface area contributed by atoms with Crippen LogP contribution in [0.4, 0.5) is 11.4 Å². The minimum atomic E-state index is -0.687. The lowest BCUT2D eigenvalue weighted by Crippen LogP contribution is -2.42. The fourth-order valence-corrected chi connectivity index (χ4v) is 2.19. The lowest BCUT2D eigenvalue weighted by atomic mass is 10.0. The van der Waals surface area contributed by atoms with Gasteiger partial charge < -0.3 is 15.4 Å². The van der Waals surface area contributed by atoms with E-state index < -0.39 is 16.9 Å². The monoisotopic (exact) mass is 337 g/mol. The number of carbonyl (C=O) groups excluding carboxylic acids is 2. The van der Waals surface area contributed by atoms with Gasteiger partial charge in [-0.2, -0.15) is 0 Å². The fourth-order valence-electron chi connectivity index (χ4n) is 2.19. The lowest BCUT2D eigenvalue weighted by Gasteiger charge is -2.18. The SMILES string of the molecule is COC(=O)C(CC(C)C)NC(=O)CCNc1ccccc1[N+](=O)[O-]. The quantitative estimate of drug-likeness (QED) is 0.405. The van der Waals surface area contributed by atoms with E-state index in [0.29, 0.717) is 12.1 Å². The van der Waals surface area contributed by atoms with Crippen molar-refractivity contribution in [3.05, 3.63) is 34.4 Å². The second kappa shape index (κ2) is 9.49. The molecular weight excluding hydrogens is 314 g/mol. The summed E-state index contributed by atoms with van der Waals surface area (Å²) >= 11 is 0. The summed E-state index contributed by atoms with van der Waals surface area (Å²) in [5.41, 5.74) is 0.298. The van der Waals surface area contributed by atoms with E-state index in [1.54, 1.807) is 18.2 Å². The average molecular weight is 337 g/mol. The molecule has 2 N–H and O–H groups in total. The second-order valence-electron chi connectivity index (χ2n) is 5.72. The van der Waals surface area contributed by atoms with Gasteiger partial charge in [-0.05, 0) is 18.4 Å². The van der Waals surface area contributed by atoms with Crippen molar-refractivity contribution < 1.29 is 19.2 Å². The van der Waals surface area contributed by atoms with Crippen LogP contribution in [0.1, 0.15) is 26.7 Å². The maximum Gasteiger partial charge on any atom is 0.328 e. The first-order chi connectivity index (χ1) is 11.3. The lowest BCUT2D eigenvalue weighted by molar-refractivity contribution is -0.384. The molecule has 0 saturated heterocycles. The Morgan fingerprint density at radius 3 is 2.54 bits per heavy atom. The van der Waals surface area contributed by atoms with Crippen LogP contribution in [0.15, 0.2) is 24.3 Å². The summed E-state index contributed by atoms with van der Waals surface area (Å²) in [6, 6.07) is 5.52. The number of nitro benzene ring substituents is 1. The van der Waals surface area contributed by atoms with Crippen molar-refractivity contribution >= 4 is 23.3 Å². The van der Waals surface area contributed by atoms with Gasteiger partial charge in [-0.25, -0.2) is 4.79 Å². The van der Waals surface area contributed by atoms with Crippen LogP contribution in [0.5, 0.6) is 0 Å². The standard InChI is InChI=1S/C16H23N3O5/c1-11(2)10-13(16(21)24-3)18-15(20)8-9-17-12-6-4-5-7-14(12)19(22)23/h4-7,11,13,17H,8-10H2,1-3H3,(H,18,20). The molecule has 1 unspecified atom stereocenters. The second-order valence-corrected chi connectivity index (χ2v) is 5.72. The van der Waals surface area contributed by atoms with Crippen molar-refractivity contribution in [3.8, 4) is 0 Å². The van der Waals surface area contributed by atoms with Gasteiger partial charge in [0.1, 0.15) is 11.7 Å². The minimum absolute atomic E-state index is 0.0508. The highest BCUT2D eigenvalue weighted by Gasteiger charge is 2.22. The van der Waals surface area contributed by atoms with Crippen LogP contribution in [0.2, 0.25) is 0 Å². The molecule has 0 saturated carbocycles. The number of hydrogen-bond acceptors (Lipinski definition) is 6. The van der Waals surface area contributed by atoms with Crippen molar-refractivity contribution in [1.82, 2.24) is 5.32 Å². The first kappa shape index (κ1) is 19.4. The summed E-state index contributed by atoms with van der Waals surface area (Å²) in [4.78, 5) is 34.1. The number of nitro groups is 1. The van der Waals surface area contributed by atoms with Crippen molar-refractivity contribution in [1.29, 1.82) is 0 Å². The number of para-hydroxylation sites is 2. The number of ether oxygens (including phenoxy) is 1. The van der Waals surface area contributed by atoms with E-state index in [-0.39, 0.29) is 30.5 Å². The zero-order valence-electron chi connectivity index (χ0n) is 14.1. The molecule has 0 aliphatic rings. The molecule has 8 heteroatoms. The first-order valence-corrected chi connectivity index (χ1v) is 7.69. The zero-order valence-corrected chi connectivity index (χ0v) is 14.1. The number of methoxy groups -OCH3 is 1. The third-order valence-electron chi connectivity index (χ3n) is 3.30. The molecule has 24 heavy (non-hydrogen) atoms. The Morgan fingerprint density at radius 2 is 1.96 bits per heavy atom. The minimum Gasteiger partial charge on any atom is -0.467 e. The number of nitrogens with zero attached hydrogens (tertiary/aromatic N) is 1. The van der Waals surface area contributed by atoms with E-state index in [1.807, 2.05) is 13.8 Å². The van der Waals surface area contributed by atoms with Crippen LogP contribution in [0.25, 0.3) is 0 Å². The Bertz CT molecular complexity index is 589. The van der Waals surface area contributed by atoms with Gasteiger partial charge in [-0.3, -0.25) is 14.9 Å². The number of esters is 1. The number of carbonyl (C=O) groups is 2. The van der Waals surface area contributed by atoms with E-state index >= 15 is 0 Å². The smallest absolute Gasteiger partial charge is 0.328 e. The van der Waals surface area contributed by atoms with Crippen LogP contribution >= 0.6 is 0 Å². The first-order valence-electron chi connectivity index (χ1n) is 7.69. The number of anilines is 1. The average Bonchev–Trinajstić information content (AvgIpc) is 2.53. The molecule has 1 rings (SSSR count).